The topological polar surface area (TPSA) is 6.48 Å². The summed E-state index contributed by atoms with van der Waals surface area (Å²) in [4.78, 5) is 4.82. The van der Waals surface area contributed by atoms with Crippen LogP contribution in [0.2, 0.25) is 0 Å². The zero-order valence-corrected chi connectivity index (χ0v) is 15.5. The average Bonchev–Trinajstić information content (AvgIpc) is 2.65. The van der Waals surface area contributed by atoms with E-state index < -0.39 is 0 Å². The Morgan fingerprint density at radius 1 is 0.667 bits per heavy atom. The van der Waals surface area contributed by atoms with Crippen molar-refractivity contribution in [3.05, 3.63) is 60.7 Å². The Labute approximate surface area is 148 Å². The van der Waals surface area contributed by atoms with Crippen molar-refractivity contribution in [3.8, 4) is 0 Å². The lowest BCUT2D eigenvalue weighted by Crippen LogP contribution is -2.45. The van der Waals surface area contributed by atoms with Crippen molar-refractivity contribution >= 4 is 11.4 Å². The highest BCUT2D eigenvalue weighted by Crippen LogP contribution is 2.24. The van der Waals surface area contributed by atoms with Gasteiger partial charge in [-0.05, 0) is 37.1 Å². The summed E-state index contributed by atoms with van der Waals surface area (Å²) < 4.78 is 0. The molecule has 0 bridgehead atoms. The molecule has 0 saturated carbocycles. The van der Waals surface area contributed by atoms with E-state index in [0.717, 1.165) is 0 Å². The van der Waals surface area contributed by atoms with E-state index in [1.807, 2.05) is 0 Å². The lowest BCUT2D eigenvalue weighted by molar-refractivity contribution is 0.517. The summed E-state index contributed by atoms with van der Waals surface area (Å²) in [5.74, 6) is 0. The maximum atomic E-state index is 2.41. The van der Waals surface area contributed by atoms with Crippen molar-refractivity contribution < 1.29 is 0 Å². The molecule has 0 spiro atoms. The maximum absolute atomic E-state index is 2.41. The lowest BCUT2D eigenvalue weighted by Gasteiger charge is -2.38. The van der Waals surface area contributed by atoms with Gasteiger partial charge >= 0.3 is 0 Å². The summed E-state index contributed by atoms with van der Waals surface area (Å²) in [7, 11) is 4.43. The van der Waals surface area contributed by atoms with Gasteiger partial charge in [-0.3, -0.25) is 0 Å². The molecular weight excluding hydrogens is 292 g/mol. The van der Waals surface area contributed by atoms with Gasteiger partial charge in [0.05, 0.1) is 0 Å². The second-order valence-electron chi connectivity index (χ2n) is 6.58. The van der Waals surface area contributed by atoms with Crippen LogP contribution in [0.4, 0.5) is 11.4 Å². The fraction of sp³-hybridized carbons (Fsp3) is 0.455. The minimum atomic E-state index is 0.372. The van der Waals surface area contributed by atoms with Crippen molar-refractivity contribution in [2.45, 2.75) is 51.6 Å². The van der Waals surface area contributed by atoms with Gasteiger partial charge in [-0.2, -0.15) is 0 Å². The van der Waals surface area contributed by atoms with E-state index in [1.165, 1.54) is 49.9 Å². The van der Waals surface area contributed by atoms with E-state index in [4.69, 9.17) is 0 Å². The van der Waals surface area contributed by atoms with Gasteiger partial charge in [0.15, 0.2) is 0 Å². The smallest absolute Gasteiger partial charge is 0.101 e. The molecule has 0 aliphatic carbocycles. The SMILES string of the molecule is CCCCCCCC(N(C)c1ccccc1)N(C)c1ccccc1. The molecule has 0 unspecified atom stereocenters. The van der Waals surface area contributed by atoms with Crippen molar-refractivity contribution in [1.29, 1.82) is 0 Å². The largest absolute Gasteiger partial charge is 0.354 e. The van der Waals surface area contributed by atoms with E-state index in [-0.39, 0.29) is 0 Å². The van der Waals surface area contributed by atoms with Crippen molar-refractivity contribution in [1.82, 2.24) is 0 Å². The highest BCUT2D eigenvalue weighted by molar-refractivity contribution is 5.52. The zero-order valence-electron chi connectivity index (χ0n) is 15.5. The summed E-state index contributed by atoms with van der Waals surface area (Å²) in [6, 6.07) is 21.4. The van der Waals surface area contributed by atoms with Gasteiger partial charge in [-0.15, -0.1) is 0 Å². The van der Waals surface area contributed by atoms with Crippen LogP contribution in [-0.2, 0) is 0 Å². The fourth-order valence-electron chi connectivity index (χ4n) is 3.25. The minimum absolute atomic E-state index is 0.372. The first-order valence-corrected chi connectivity index (χ1v) is 9.29. The normalized spacial score (nSPS) is 10.8. The van der Waals surface area contributed by atoms with Crippen LogP contribution < -0.4 is 9.80 Å². The third-order valence-electron chi connectivity index (χ3n) is 4.79. The van der Waals surface area contributed by atoms with Crippen molar-refractivity contribution in [2.75, 3.05) is 23.9 Å². The number of anilines is 2. The lowest BCUT2D eigenvalue weighted by atomic mass is 10.1. The van der Waals surface area contributed by atoms with Crippen LogP contribution in [0, 0.1) is 0 Å². The van der Waals surface area contributed by atoms with E-state index in [2.05, 4.69) is 91.5 Å². The minimum Gasteiger partial charge on any atom is -0.354 e. The molecule has 2 nitrogen and oxygen atoms in total. The van der Waals surface area contributed by atoms with Crippen LogP contribution in [0.3, 0.4) is 0 Å². The van der Waals surface area contributed by atoms with Crippen LogP contribution in [0.25, 0.3) is 0 Å². The molecule has 0 atom stereocenters. The number of benzene rings is 2. The Kier molecular flexibility index (Phi) is 7.67. The van der Waals surface area contributed by atoms with Gasteiger partial charge in [0.2, 0.25) is 0 Å². The standard InChI is InChI=1S/C22H32N2/c1-4-5-6-7-14-19-22(23(2)20-15-10-8-11-16-20)24(3)21-17-12-9-13-18-21/h8-13,15-18,22H,4-7,14,19H2,1-3H3. The number of unbranched alkanes of at least 4 members (excludes halogenated alkanes) is 4. The number of nitrogens with zero attached hydrogens (tertiary/aromatic N) is 2. The monoisotopic (exact) mass is 324 g/mol. The molecule has 0 aromatic heterocycles. The van der Waals surface area contributed by atoms with E-state index in [1.54, 1.807) is 0 Å². The molecule has 2 heteroatoms. The molecule has 0 N–H and O–H groups in total. The van der Waals surface area contributed by atoms with Crippen molar-refractivity contribution in [2.24, 2.45) is 0 Å². The number of hydrogen-bond donors (Lipinski definition) is 0. The molecule has 0 heterocycles. The second-order valence-corrected chi connectivity index (χ2v) is 6.58. The molecule has 2 aromatic carbocycles. The van der Waals surface area contributed by atoms with Crippen LogP contribution in [-0.4, -0.2) is 20.3 Å². The number of para-hydroxylation sites is 2. The van der Waals surface area contributed by atoms with Crippen LogP contribution in [0.15, 0.2) is 60.7 Å². The highest BCUT2D eigenvalue weighted by atomic mass is 15.3. The fourth-order valence-corrected chi connectivity index (χ4v) is 3.25. The highest BCUT2D eigenvalue weighted by Gasteiger charge is 2.20. The summed E-state index contributed by atoms with van der Waals surface area (Å²) in [5, 5.41) is 0. The Hall–Kier alpha value is -1.96. The average molecular weight is 325 g/mol. The molecule has 0 fully saturated rings. The molecule has 24 heavy (non-hydrogen) atoms. The van der Waals surface area contributed by atoms with E-state index in [0.29, 0.717) is 6.17 Å². The molecule has 2 rings (SSSR count). The van der Waals surface area contributed by atoms with Gasteiger partial charge in [0, 0.05) is 25.5 Å². The molecule has 0 saturated heterocycles. The molecule has 0 aliphatic rings. The molecular formula is C22H32N2. The second kappa shape index (κ2) is 10.0. The predicted octanol–water partition coefficient (Wildman–Crippen LogP) is 5.95. The first-order chi connectivity index (χ1) is 11.7. The Morgan fingerprint density at radius 2 is 1.12 bits per heavy atom. The third kappa shape index (κ3) is 5.30. The number of hydrogen-bond acceptors (Lipinski definition) is 2. The van der Waals surface area contributed by atoms with Crippen LogP contribution in [0.5, 0.6) is 0 Å². The molecule has 0 aliphatic heterocycles. The predicted molar refractivity (Wildman–Crippen MR) is 107 cm³/mol. The number of rotatable bonds is 10. The van der Waals surface area contributed by atoms with Crippen LogP contribution >= 0.6 is 0 Å². The van der Waals surface area contributed by atoms with E-state index >= 15 is 0 Å². The van der Waals surface area contributed by atoms with Gasteiger partial charge in [0.1, 0.15) is 6.17 Å². The maximum Gasteiger partial charge on any atom is 0.101 e. The first kappa shape index (κ1) is 18.4. The quantitative estimate of drug-likeness (QED) is 0.394. The van der Waals surface area contributed by atoms with Crippen LogP contribution in [0.1, 0.15) is 45.4 Å². The first-order valence-electron chi connectivity index (χ1n) is 9.29. The Morgan fingerprint density at radius 3 is 1.58 bits per heavy atom. The van der Waals surface area contributed by atoms with Crippen molar-refractivity contribution in [3.63, 3.8) is 0 Å². The zero-order chi connectivity index (χ0) is 17.2. The molecule has 2 aromatic rings. The molecule has 130 valence electrons. The molecule has 0 radical (unpaired) electrons. The van der Waals surface area contributed by atoms with Gasteiger partial charge < -0.3 is 9.80 Å². The summed E-state index contributed by atoms with van der Waals surface area (Å²) in [5.41, 5.74) is 2.55. The van der Waals surface area contributed by atoms with Gasteiger partial charge in [0.25, 0.3) is 0 Å². The summed E-state index contributed by atoms with van der Waals surface area (Å²) in [6.07, 6.45) is 8.17. The Balaban J connectivity index is 2.08. The van der Waals surface area contributed by atoms with Gasteiger partial charge in [-0.1, -0.05) is 69.0 Å². The van der Waals surface area contributed by atoms with E-state index in [9.17, 15) is 0 Å². The van der Waals surface area contributed by atoms with Gasteiger partial charge in [-0.25, -0.2) is 0 Å². The summed E-state index contributed by atoms with van der Waals surface area (Å²) >= 11 is 0. The summed E-state index contributed by atoms with van der Waals surface area (Å²) in [6.45, 7) is 2.27. The third-order valence-corrected chi connectivity index (χ3v) is 4.79. The Bertz CT molecular complexity index is 507. The molecule has 0 amide bonds.